The summed E-state index contributed by atoms with van der Waals surface area (Å²) in [5.74, 6) is -1.63. The van der Waals surface area contributed by atoms with E-state index in [9.17, 15) is 9.59 Å². The van der Waals surface area contributed by atoms with E-state index in [1.165, 1.54) is 19.3 Å². The fourth-order valence-electron chi connectivity index (χ4n) is 1.03. The van der Waals surface area contributed by atoms with Gasteiger partial charge in [-0.2, -0.15) is 12.6 Å². The molecule has 0 amide bonds. The summed E-state index contributed by atoms with van der Waals surface area (Å²) in [5, 5.41) is 41.3. The highest BCUT2D eigenvalue weighted by molar-refractivity contribution is 7.81. The van der Waals surface area contributed by atoms with Crippen LogP contribution in [0.1, 0.15) is 52.4 Å². The molecule has 0 heterocycles. The standard InChI is InChI=1S/C8H16O2.C5H12O3.C2H4O2S/c1-2-3-4-5-6-7-8(9)10;1-5(2-6,3-7)4-8;3-2(4)1-5/h2-7H2,1H3,(H,9,10);6-8H,2-4H2,1H3;5H,1H2,(H,3,4). The lowest BCUT2D eigenvalue weighted by atomic mass is 9.95. The number of carboxylic acid groups (broad SMARTS) is 2. The van der Waals surface area contributed by atoms with Crippen molar-refractivity contribution < 1.29 is 35.1 Å². The Labute approximate surface area is 143 Å². The van der Waals surface area contributed by atoms with E-state index < -0.39 is 17.4 Å². The molecule has 0 aromatic rings. The number of rotatable bonds is 10. The van der Waals surface area contributed by atoms with Crippen molar-refractivity contribution in [1.29, 1.82) is 0 Å². The van der Waals surface area contributed by atoms with Crippen molar-refractivity contribution >= 4 is 24.6 Å². The monoisotopic (exact) mass is 356 g/mol. The molecule has 0 aliphatic heterocycles. The molecule has 23 heavy (non-hydrogen) atoms. The maximum atomic E-state index is 10.0. The maximum Gasteiger partial charge on any atom is 0.313 e. The minimum absolute atomic E-state index is 0.0833. The van der Waals surface area contributed by atoms with Crippen molar-refractivity contribution in [1.82, 2.24) is 0 Å². The van der Waals surface area contributed by atoms with Gasteiger partial charge in [0.15, 0.2) is 0 Å². The molecule has 0 aliphatic carbocycles. The Balaban J connectivity index is -0.000000276. The second kappa shape index (κ2) is 19.2. The molecular weight excluding hydrogens is 324 g/mol. The Bertz CT molecular complexity index is 273. The molecule has 0 unspecified atom stereocenters. The van der Waals surface area contributed by atoms with Gasteiger partial charge in [0.05, 0.1) is 25.6 Å². The van der Waals surface area contributed by atoms with Gasteiger partial charge in [-0.15, -0.1) is 0 Å². The minimum Gasteiger partial charge on any atom is -0.481 e. The Morgan fingerprint density at radius 3 is 1.48 bits per heavy atom. The first-order valence-corrected chi connectivity index (χ1v) is 8.23. The van der Waals surface area contributed by atoms with Crippen LogP contribution in [-0.4, -0.2) is 63.0 Å². The summed E-state index contributed by atoms with van der Waals surface area (Å²) in [5.41, 5.74) is -0.708. The highest BCUT2D eigenvalue weighted by Gasteiger charge is 2.20. The first-order valence-electron chi connectivity index (χ1n) is 7.60. The average molecular weight is 356 g/mol. The lowest BCUT2D eigenvalue weighted by molar-refractivity contribution is -0.137. The lowest BCUT2D eigenvalue weighted by Crippen LogP contribution is -2.29. The SMILES string of the molecule is CC(CO)(CO)CO.CCCCCCCC(=O)O.O=C(O)CS. The van der Waals surface area contributed by atoms with Crippen LogP contribution in [0, 0.1) is 5.41 Å². The van der Waals surface area contributed by atoms with Gasteiger partial charge >= 0.3 is 11.9 Å². The Morgan fingerprint density at radius 2 is 1.26 bits per heavy atom. The van der Waals surface area contributed by atoms with Crippen LogP contribution in [0.5, 0.6) is 0 Å². The maximum absolute atomic E-state index is 10.0. The highest BCUT2D eigenvalue weighted by Crippen LogP contribution is 2.11. The summed E-state index contributed by atoms with van der Waals surface area (Å²) in [6.07, 6.45) is 5.88. The van der Waals surface area contributed by atoms with Crippen molar-refractivity contribution in [2.45, 2.75) is 52.4 Å². The van der Waals surface area contributed by atoms with Crippen LogP contribution in [0.3, 0.4) is 0 Å². The first-order chi connectivity index (χ1) is 10.7. The third kappa shape index (κ3) is 26.4. The molecule has 0 rings (SSSR count). The van der Waals surface area contributed by atoms with Crippen molar-refractivity contribution in [3.05, 3.63) is 0 Å². The lowest BCUT2D eigenvalue weighted by Gasteiger charge is -2.20. The highest BCUT2D eigenvalue weighted by atomic mass is 32.1. The second-order valence-electron chi connectivity index (χ2n) is 5.39. The van der Waals surface area contributed by atoms with Gasteiger partial charge in [0.1, 0.15) is 0 Å². The summed E-state index contributed by atoms with van der Waals surface area (Å²) in [7, 11) is 0. The van der Waals surface area contributed by atoms with Crippen molar-refractivity contribution in [3.8, 4) is 0 Å². The van der Waals surface area contributed by atoms with Crippen LogP contribution >= 0.6 is 12.6 Å². The van der Waals surface area contributed by atoms with Crippen LogP contribution in [-0.2, 0) is 9.59 Å². The van der Waals surface area contributed by atoms with E-state index in [2.05, 4.69) is 19.6 Å². The summed E-state index contributed by atoms with van der Waals surface area (Å²) < 4.78 is 0. The molecule has 0 aliphatic rings. The summed E-state index contributed by atoms with van der Waals surface area (Å²) in [6, 6.07) is 0. The normalized spacial score (nSPS) is 10.0. The summed E-state index contributed by atoms with van der Waals surface area (Å²) in [6.45, 7) is 3.21. The van der Waals surface area contributed by atoms with Crippen LogP contribution in [0.25, 0.3) is 0 Å². The van der Waals surface area contributed by atoms with Crippen LogP contribution < -0.4 is 0 Å². The number of aliphatic carboxylic acids is 2. The van der Waals surface area contributed by atoms with Crippen LogP contribution in [0.15, 0.2) is 0 Å². The molecule has 8 heteroatoms. The molecular formula is C15H32O7S. The number of aliphatic hydroxyl groups is 3. The fourth-order valence-corrected chi connectivity index (χ4v) is 1.03. The molecule has 0 aromatic carbocycles. The zero-order valence-corrected chi connectivity index (χ0v) is 15.0. The molecule has 0 aromatic heterocycles. The quantitative estimate of drug-likeness (QED) is 0.257. The molecule has 5 N–H and O–H groups in total. The van der Waals surface area contributed by atoms with Gasteiger partial charge in [0.25, 0.3) is 0 Å². The topological polar surface area (TPSA) is 135 Å². The number of unbranched alkanes of at least 4 members (excludes halogenated alkanes) is 4. The predicted octanol–water partition coefficient (Wildman–Crippen LogP) is 1.40. The zero-order valence-electron chi connectivity index (χ0n) is 14.1. The van der Waals surface area contributed by atoms with E-state index in [1.54, 1.807) is 6.92 Å². The van der Waals surface area contributed by atoms with Gasteiger partial charge < -0.3 is 25.5 Å². The molecule has 0 bridgehead atoms. The van der Waals surface area contributed by atoms with Gasteiger partial charge in [-0.05, 0) is 6.42 Å². The Morgan fingerprint density at radius 1 is 0.870 bits per heavy atom. The summed E-state index contributed by atoms with van der Waals surface area (Å²) in [4.78, 5) is 19.3. The Hall–Kier alpha value is -0.830. The van der Waals surface area contributed by atoms with E-state index >= 15 is 0 Å². The molecule has 0 radical (unpaired) electrons. The van der Waals surface area contributed by atoms with Crippen molar-refractivity contribution in [2.24, 2.45) is 5.41 Å². The number of carboxylic acids is 2. The van der Waals surface area contributed by atoms with Gasteiger partial charge in [-0.3, -0.25) is 9.59 Å². The smallest absolute Gasteiger partial charge is 0.313 e. The largest absolute Gasteiger partial charge is 0.481 e. The van der Waals surface area contributed by atoms with Crippen LogP contribution in [0.2, 0.25) is 0 Å². The molecule has 0 atom stereocenters. The third-order valence-corrected chi connectivity index (χ3v) is 3.05. The number of hydrogen-bond acceptors (Lipinski definition) is 6. The summed E-state index contributed by atoms with van der Waals surface area (Å²) >= 11 is 3.42. The van der Waals surface area contributed by atoms with Gasteiger partial charge in [-0.25, -0.2) is 0 Å². The van der Waals surface area contributed by atoms with Gasteiger partial charge in [0.2, 0.25) is 0 Å². The molecule has 0 saturated heterocycles. The predicted molar refractivity (Wildman–Crippen MR) is 91.9 cm³/mol. The van der Waals surface area contributed by atoms with E-state index in [-0.39, 0.29) is 25.6 Å². The minimum atomic E-state index is -0.881. The molecule has 0 saturated carbocycles. The van der Waals surface area contributed by atoms with E-state index in [1.807, 2.05) is 0 Å². The zero-order chi connectivity index (χ0) is 18.7. The van der Waals surface area contributed by atoms with E-state index in [0.717, 1.165) is 12.8 Å². The number of hydrogen-bond donors (Lipinski definition) is 6. The van der Waals surface area contributed by atoms with E-state index in [4.69, 9.17) is 25.5 Å². The van der Waals surface area contributed by atoms with Gasteiger partial charge in [0, 0.05) is 11.8 Å². The van der Waals surface area contributed by atoms with Crippen LogP contribution in [0.4, 0.5) is 0 Å². The number of aliphatic hydroxyl groups excluding tert-OH is 3. The number of carbonyl (C=O) groups is 2. The first kappa shape index (κ1) is 27.0. The van der Waals surface area contributed by atoms with Crippen molar-refractivity contribution in [3.63, 3.8) is 0 Å². The van der Waals surface area contributed by atoms with E-state index in [0.29, 0.717) is 6.42 Å². The fraction of sp³-hybridized carbons (Fsp3) is 0.867. The molecule has 0 spiro atoms. The van der Waals surface area contributed by atoms with Gasteiger partial charge in [-0.1, -0.05) is 39.5 Å². The average Bonchev–Trinajstić information content (AvgIpc) is 2.54. The Kier molecular flexibility index (Phi) is 22.6. The molecule has 7 nitrogen and oxygen atoms in total. The molecule has 140 valence electrons. The molecule has 0 fully saturated rings. The van der Waals surface area contributed by atoms with Crippen molar-refractivity contribution in [2.75, 3.05) is 25.6 Å². The number of thiol groups is 1. The second-order valence-corrected chi connectivity index (χ2v) is 5.71. The third-order valence-electron chi connectivity index (χ3n) is 2.77.